The zero-order valence-corrected chi connectivity index (χ0v) is 9.68. The molecule has 0 fully saturated rings. The van der Waals surface area contributed by atoms with E-state index in [0.29, 0.717) is 6.54 Å². The van der Waals surface area contributed by atoms with Crippen LogP contribution >= 0.6 is 11.8 Å². The van der Waals surface area contributed by atoms with Crippen LogP contribution in [-0.2, 0) is 6.54 Å². The summed E-state index contributed by atoms with van der Waals surface area (Å²) in [4.78, 5) is 5.45. The van der Waals surface area contributed by atoms with Crippen molar-refractivity contribution in [3.05, 3.63) is 24.0 Å². The van der Waals surface area contributed by atoms with Crippen LogP contribution in [-0.4, -0.2) is 10.7 Å². The van der Waals surface area contributed by atoms with Gasteiger partial charge in [0.2, 0.25) is 0 Å². The molecule has 0 amide bonds. The summed E-state index contributed by atoms with van der Waals surface area (Å²) in [6.07, 6.45) is 3.07. The monoisotopic (exact) mass is 210 g/mol. The predicted octanol–water partition coefficient (Wildman–Crippen LogP) is 2.68. The summed E-state index contributed by atoms with van der Waals surface area (Å²) in [5, 5.41) is 0. The first-order valence-corrected chi connectivity index (χ1v) is 6.02. The Balaban J connectivity index is 2.50. The molecule has 0 aliphatic rings. The molecule has 0 radical (unpaired) electrons. The smallest absolute Gasteiger partial charge is 0.0550 e. The van der Waals surface area contributed by atoms with Gasteiger partial charge >= 0.3 is 0 Å². The van der Waals surface area contributed by atoms with Crippen LogP contribution in [0.25, 0.3) is 0 Å². The molecule has 1 aromatic heterocycles. The maximum atomic E-state index is 5.53. The zero-order chi connectivity index (χ0) is 10.4. The minimum absolute atomic E-state index is 0.526. The van der Waals surface area contributed by atoms with E-state index in [0.717, 1.165) is 11.6 Å². The summed E-state index contributed by atoms with van der Waals surface area (Å²) < 4.78 is 0. The number of nitrogens with two attached hydrogens (primary N) is 1. The largest absolute Gasteiger partial charge is 0.325 e. The van der Waals surface area contributed by atoms with Crippen LogP contribution in [0, 0.1) is 5.92 Å². The topological polar surface area (TPSA) is 38.9 Å². The second-order valence-corrected chi connectivity index (χ2v) is 4.60. The second-order valence-electron chi connectivity index (χ2n) is 3.51. The molecule has 0 saturated heterocycles. The van der Waals surface area contributed by atoms with Crippen LogP contribution in [0.2, 0.25) is 0 Å². The van der Waals surface area contributed by atoms with E-state index in [1.54, 1.807) is 0 Å². The van der Waals surface area contributed by atoms with Crippen LogP contribution in [0.3, 0.4) is 0 Å². The Morgan fingerprint density at radius 3 is 3.00 bits per heavy atom. The van der Waals surface area contributed by atoms with Gasteiger partial charge in [-0.3, -0.25) is 4.98 Å². The van der Waals surface area contributed by atoms with Crippen molar-refractivity contribution in [1.82, 2.24) is 4.98 Å². The molecule has 0 aliphatic heterocycles. The van der Waals surface area contributed by atoms with Crippen molar-refractivity contribution in [1.29, 1.82) is 0 Å². The Morgan fingerprint density at radius 1 is 1.57 bits per heavy atom. The van der Waals surface area contributed by atoms with E-state index < -0.39 is 0 Å². The van der Waals surface area contributed by atoms with Crippen molar-refractivity contribution in [3.8, 4) is 0 Å². The van der Waals surface area contributed by atoms with Gasteiger partial charge in [0.1, 0.15) is 0 Å². The molecule has 1 atom stereocenters. The molecular weight excluding hydrogens is 192 g/mol. The van der Waals surface area contributed by atoms with E-state index in [1.807, 2.05) is 24.0 Å². The summed E-state index contributed by atoms with van der Waals surface area (Å²) >= 11 is 1.89. The lowest BCUT2D eigenvalue weighted by Crippen LogP contribution is -1.99. The highest BCUT2D eigenvalue weighted by molar-refractivity contribution is 7.99. The summed E-state index contributed by atoms with van der Waals surface area (Å²) in [7, 11) is 0. The molecule has 2 nitrogen and oxygen atoms in total. The molecule has 0 spiro atoms. The number of thioether (sulfide) groups is 1. The molecule has 2 N–H and O–H groups in total. The Kier molecular flexibility index (Phi) is 4.98. The van der Waals surface area contributed by atoms with Crippen LogP contribution in [0.5, 0.6) is 0 Å². The van der Waals surface area contributed by atoms with Gasteiger partial charge in [0.15, 0.2) is 0 Å². The molecular formula is C11H18N2S. The molecule has 0 aromatic carbocycles. The van der Waals surface area contributed by atoms with E-state index in [9.17, 15) is 0 Å². The number of hydrogen-bond donors (Lipinski definition) is 1. The summed E-state index contributed by atoms with van der Waals surface area (Å²) in [6.45, 7) is 5.03. The average molecular weight is 210 g/mol. The normalized spacial score (nSPS) is 12.8. The summed E-state index contributed by atoms with van der Waals surface area (Å²) in [5.74, 6) is 1.94. The maximum Gasteiger partial charge on any atom is 0.0550 e. The lowest BCUT2D eigenvalue weighted by atomic mass is 10.2. The number of nitrogens with zero attached hydrogens (tertiary/aromatic N) is 1. The van der Waals surface area contributed by atoms with E-state index in [4.69, 9.17) is 5.73 Å². The maximum absolute atomic E-state index is 5.53. The van der Waals surface area contributed by atoms with E-state index in [2.05, 4.69) is 24.9 Å². The standard InChI is InChI=1S/C11H18N2S/c1-3-9(2)8-14-11-4-5-13-10(6-11)7-12/h4-6,9H,3,7-8,12H2,1-2H3. The van der Waals surface area contributed by atoms with Gasteiger partial charge in [-0.25, -0.2) is 0 Å². The minimum Gasteiger partial charge on any atom is -0.325 e. The van der Waals surface area contributed by atoms with E-state index in [-0.39, 0.29) is 0 Å². The molecule has 0 aliphatic carbocycles. The number of rotatable bonds is 5. The van der Waals surface area contributed by atoms with Gasteiger partial charge in [0.25, 0.3) is 0 Å². The number of pyridine rings is 1. The summed E-state index contributed by atoms with van der Waals surface area (Å²) in [6, 6.07) is 4.12. The molecule has 0 bridgehead atoms. The fourth-order valence-electron chi connectivity index (χ4n) is 1.01. The first-order valence-electron chi connectivity index (χ1n) is 5.04. The lowest BCUT2D eigenvalue weighted by molar-refractivity contribution is 0.637. The van der Waals surface area contributed by atoms with Crippen LogP contribution in [0.4, 0.5) is 0 Å². The Hall–Kier alpha value is -0.540. The molecule has 14 heavy (non-hydrogen) atoms. The zero-order valence-electron chi connectivity index (χ0n) is 8.86. The quantitative estimate of drug-likeness (QED) is 0.759. The molecule has 1 heterocycles. The molecule has 3 heteroatoms. The Morgan fingerprint density at radius 2 is 2.36 bits per heavy atom. The highest BCUT2D eigenvalue weighted by Crippen LogP contribution is 2.21. The summed E-state index contributed by atoms with van der Waals surface area (Å²) in [5.41, 5.74) is 6.50. The molecule has 1 rings (SSSR count). The number of aromatic nitrogens is 1. The molecule has 1 unspecified atom stereocenters. The van der Waals surface area contributed by atoms with Crippen molar-refractivity contribution in [3.63, 3.8) is 0 Å². The first-order chi connectivity index (χ1) is 6.76. The fraction of sp³-hybridized carbons (Fsp3) is 0.545. The SMILES string of the molecule is CCC(C)CSc1ccnc(CN)c1. The van der Waals surface area contributed by atoms with Crippen molar-refractivity contribution in [2.24, 2.45) is 11.7 Å². The molecule has 1 aromatic rings. The van der Waals surface area contributed by atoms with Gasteiger partial charge in [0, 0.05) is 23.4 Å². The van der Waals surface area contributed by atoms with Gasteiger partial charge in [-0.05, 0) is 18.1 Å². The Bertz CT molecular complexity index is 276. The van der Waals surface area contributed by atoms with Crippen molar-refractivity contribution in [2.75, 3.05) is 5.75 Å². The van der Waals surface area contributed by atoms with Crippen LogP contribution in [0.1, 0.15) is 26.0 Å². The third-order valence-corrected chi connectivity index (χ3v) is 3.55. The number of hydrogen-bond acceptors (Lipinski definition) is 3. The molecule has 0 saturated carbocycles. The predicted molar refractivity (Wildman–Crippen MR) is 62.3 cm³/mol. The van der Waals surface area contributed by atoms with Crippen molar-refractivity contribution >= 4 is 11.8 Å². The van der Waals surface area contributed by atoms with Gasteiger partial charge in [-0.15, -0.1) is 11.8 Å². The van der Waals surface area contributed by atoms with Crippen LogP contribution < -0.4 is 5.73 Å². The minimum atomic E-state index is 0.526. The third-order valence-electron chi connectivity index (χ3n) is 2.23. The third kappa shape index (κ3) is 3.68. The fourth-order valence-corrected chi connectivity index (χ4v) is 2.10. The van der Waals surface area contributed by atoms with E-state index in [1.165, 1.54) is 17.1 Å². The molecule has 78 valence electrons. The van der Waals surface area contributed by atoms with Gasteiger partial charge < -0.3 is 5.73 Å². The second kappa shape index (κ2) is 6.04. The van der Waals surface area contributed by atoms with Crippen molar-refractivity contribution in [2.45, 2.75) is 31.7 Å². The first kappa shape index (κ1) is 11.5. The van der Waals surface area contributed by atoms with Crippen molar-refractivity contribution < 1.29 is 0 Å². The van der Waals surface area contributed by atoms with Crippen LogP contribution in [0.15, 0.2) is 23.2 Å². The average Bonchev–Trinajstić information content (AvgIpc) is 2.26. The highest BCUT2D eigenvalue weighted by Gasteiger charge is 2.01. The van der Waals surface area contributed by atoms with Gasteiger partial charge in [-0.1, -0.05) is 20.3 Å². The highest BCUT2D eigenvalue weighted by atomic mass is 32.2. The van der Waals surface area contributed by atoms with E-state index >= 15 is 0 Å². The Labute approximate surface area is 90.3 Å². The van der Waals surface area contributed by atoms with Gasteiger partial charge in [0.05, 0.1) is 5.69 Å². The van der Waals surface area contributed by atoms with Gasteiger partial charge in [-0.2, -0.15) is 0 Å². The lowest BCUT2D eigenvalue weighted by Gasteiger charge is -2.07.